The van der Waals surface area contributed by atoms with E-state index in [2.05, 4.69) is 51.8 Å². The fourth-order valence-electron chi connectivity index (χ4n) is 9.25. The number of halogens is 2. The van der Waals surface area contributed by atoms with Crippen LogP contribution < -0.4 is 30.2 Å². The first-order chi connectivity index (χ1) is 31.5. The highest BCUT2D eigenvalue weighted by atomic mass is 35.5. The van der Waals surface area contributed by atoms with Crippen LogP contribution >= 0.6 is 11.6 Å². The highest BCUT2D eigenvalue weighted by Crippen LogP contribution is 2.43. The summed E-state index contributed by atoms with van der Waals surface area (Å²) in [5.41, 5.74) is 4.46. The van der Waals surface area contributed by atoms with E-state index in [1.165, 1.54) is 35.4 Å². The lowest BCUT2D eigenvalue weighted by Crippen LogP contribution is -2.46. The standard InChI is InChI=1S/C49H59ClFN7O7S/c1-49(2)20-14-34(41(30-49)32-4-6-35(50)7-5-32)31-52-22-23-54-44-13-10-40(47(46(44)51)65-38-8-11-42-33(28-38)15-21-53-42)48(59)56-66(62,63)39-9-12-43(45(29-39)58(3,60)61)55-36-16-24-57(25-17-36)37-18-26-64-27-19-37/h4-13,15,21,28-29,36-37,52-55,60H,14,16-20,22-27,30-31H2,1-3H3,(H,56,59). The number of hydrogen-bond donors (Lipinski definition) is 6. The van der Waals surface area contributed by atoms with Gasteiger partial charge in [-0.3, -0.25) is 4.79 Å². The zero-order valence-corrected chi connectivity index (χ0v) is 39.2. The topological polar surface area (TPSA) is 180 Å². The predicted molar refractivity (Wildman–Crippen MR) is 258 cm³/mol. The second-order valence-electron chi connectivity index (χ2n) is 18.5. The Balaban J connectivity index is 0.972. The Bertz CT molecular complexity index is 2670. The van der Waals surface area contributed by atoms with E-state index in [-0.39, 0.29) is 39.8 Å². The molecule has 0 saturated carbocycles. The Kier molecular flexibility index (Phi) is 14.4. The Morgan fingerprint density at radius 3 is 2.48 bits per heavy atom. The molecular weight excluding hydrogens is 885 g/mol. The minimum absolute atomic E-state index is 0.0189. The number of nitrogens with zero attached hydrogens (tertiary/aromatic N) is 2. The molecule has 1 aliphatic carbocycles. The van der Waals surface area contributed by atoms with Crippen molar-refractivity contribution in [2.24, 2.45) is 5.41 Å². The summed E-state index contributed by atoms with van der Waals surface area (Å²) in [6, 6.07) is 21.6. The quantitative estimate of drug-likeness (QED) is 0.0315. The number of quaternary nitrogens is 1. The molecule has 4 aromatic carbocycles. The number of aromatic nitrogens is 1. The highest BCUT2D eigenvalue weighted by Gasteiger charge is 2.32. The number of fused-ring (bicyclic) bond motifs is 1. The lowest BCUT2D eigenvalue weighted by atomic mass is 9.72. The van der Waals surface area contributed by atoms with Gasteiger partial charge < -0.3 is 40.5 Å². The Labute approximate surface area is 390 Å². The molecule has 2 saturated heterocycles. The van der Waals surface area contributed by atoms with Crippen LogP contribution in [0.2, 0.25) is 5.02 Å². The second kappa shape index (κ2) is 20.1. The van der Waals surface area contributed by atoms with Crippen LogP contribution in [0.3, 0.4) is 0 Å². The number of rotatable bonds is 16. The molecule has 14 nitrogen and oxygen atoms in total. The average Bonchev–Trinajstić information content (AvgIpc) is 3.76. The fraction of sp³-hybridized carbons (Fsp3) is 0.408. The third-order valence-corrected chi connectivity index (χ3v) is 14.6. The van der Waals surface area contributed by atoms with Crippen LogP contribution in [-0.2, 0) is 14.8 Å². The number of anilines is 2. The fourth-order valence-corrected chi connectivity index (χ4v) is 10.4. The van der Waals surface area contributed by atoms with Gasteiger partial charge in [0.1, 0.15) is 12.8 Å². The van der Waals surface area contributed by atoms with E-state index in [4.69, 9.17) is 21.1 Å². The number of carbonyl (C=O) groups excluding carboxylic acids is 1. The number of ether oxygens (including phenoxy) is 2. The minimum atomic E-state index is -4.67. The maximum atomic E-state index is 16.6. The van der Waals surface area contributed by atoms with Crippen molar-refractivity contribution in [3.05, 3.63) is 118 Å². The number of aromatic amines is 1. The minimum Gasteiger partial charge on any atom is -0.593 e. The lowest BCUT2D eigenvalue weighted by Gasteiger charge is -2.40. The first kappa shape index (κ1) is 47.5. The first-order valence-corrected chi connectivity index (χ1v) is 24.5. The zero-order valence-electron chi connectivity index (χ0n) is 37.6. The Morgan fingerprint density at radius 1 is 1.00 bits per heavy atom. The van der Waals surface area contributed by atoms with E-state index in [0.29, 0.717) is 30.7 Å². The van der Waals surface area contributed by atoms with Gasteiger partial charge in [0.15, 0.2) is 17.3 Å². The van der Waals surface area contributed by atoms with Crippen molar-refractivity contribution in [1.82, 2.24) is 24.7 Å². The largest absolute Gasteiger partial charge is 0.593 e. The van der Waals surface area contributed by atoms with Crippen LogP contribution in [0.4, 0.5) is 21.5 Å². The molecule has 3 heterocycles. The van der Waals surface area contributed by atoms with E-state index >= 15 is 4.39 Å². The number of benzene rings is 4. The van der Waals surface area contributed by atoms with E-state index in [9.17, 15) is 23.6 Å². The van der Waals surface area contributed by atoms with E-state index in [1.54, 1.807) is 24.4 Å². The van der Waals surface area contributed by atoms with Crippen molar-refractivity contribution in [1.29, 1.82) is 0 Å². The number of amides is 1. The van der Waals surface area contributed by atoms with E-state index in [0.717, 1.165) is 101 Å². The number of likely N-dealkylation sites (tertiary alicyclic amines) is 1. The zero-order chi connectivity index (χ0) is 46.6. The number of H-pyrrole nitrogens is 1. The molecule has 17 heteroatoms. The molecule has 1 aromatic heterocycles. The molecule has 2 aliphatic heterocycles. The van der Waals surface area contributed by atoms with Crippen molar-refractivity contribution in [3.63, 3.8) is 0 Å². The molecule has 0 spiro atoms. The molecule has 1 unspecified atom stereocenters. The highest BCUT2D eigenvalue weighted by molar-refractivity contribution is 7.90. The third kappa shape index (κ3) is 11.4. The van der Waals surface area contributed by atoms with Gasteiger partial charge in [0.05, 0.1) is 21.8 Å². The normalized spacial score (nSPS) is 18.5. The summed E-state index contributed by atoms with van der Waals surface area (Å²) in [7, 11) is -3.70. The summed E-state index contributed by atoms with van der Waals surface area (Å²) >= 11 is 6.19. The molecular formula is C49H59ClFN7O7S. The summed E-state index contributed by atoms with van der Waals surface area (Å²) < 4.78 is 58.0. The Morgan fingerprint density at radius 2 is 1.74 bits per heavy atom. The van der Waals surface area contributed by atoms with Crippen LogP contribution in [0, 0.1) is 16.4 Å². The van der Waals surface area contributed by atoms with Crippen molar-refractivity contribution in [2.75, 3.05) is 63.6 Å². The molecule has 6 N–H and O–H groups in total. The maximum absolute atomic E-state index is 16.6. The molecule has 8 rings (SSSR count). The summed E-state index contributed by atoms with van der Waals surface area (Å²) in [4.78, 5) is 17.1. The first-order valence-electron chi connectivity index (χ1n) is 22.6. The van der Waals surface area contributed by atoms with Crippen LogP contribution in [0.25, 0.3) is 16.5 Å². The Hall–Kier alpha value is -5.04. The van der Waals surface area contributed by atoms with Crippen molar-refractivity contribution in [3.8, 4) is 11.5 Å². The predicted octanol–water partition coefficient (Wildman–Crippen LogP) is 9.42. The van der Waals surface area contributed by atoms with Crippen LogP contribution in [0.5, 0.6) is 11.5 Å². The molecule has 0 bridgehead atoms. The van der Waals surface area contributed by atoms with Gasteiger partial charge in [-0.1, -0.05) is 43.2 Å². The number of hydroxylamine groups is 2. The number of sulfonamides is 1. The van der Waals surface area contributed by atoms with Gasteiger partial charge in [-0.25, -0.2) is 22.7 Å². The number of piperidine rings is 1. The summed E-state index contributed by atoms with van der Waals surface area (Å²) in [6.45, 7) is 9.24. The van der Waals surface area contributed by atoms with Gasteiger partial charge in [0, 0.05) is 86.2 Å². The average molecular weight is 945 g/mol. The smallest absolute Gasteiger partial charge is 0.268 e. The van der Waals surface area contributed by atoms with Crippen LogP contribution in [0.1, 0.15) is 74.7 Å². The molecule has 0 radical (unpaired) electrons. The lowest BCUT2D eigenvalue weighted by molar-refractivity contribution is -0.00406. The van der Waals surface area contributed by atoms with Gasteiger partial charge in [-0.05, 0) is 122 Å². The molecule has 1 atom stereocenters. The van der Waals surface area contributed by atoms with Crippen molar-refractivity contribution < 1.29 is 32.3 Å². The molecule has 1 amide bonds. The monoisotopic (exact) mass is 943 g/mol. The third-order valence-electron chi connectivity index (χ3n) is 13.0. The molecule has 66 heavy (non-hydrogen) atoms. The summed E-state index contributed by atoms with van der Waals surface area (Å²) in [5, 5.41) is 35.1. The van der Waals surface area contributed by atoms with Crippen molar-refractivity contribution in [2.45, 2.75) is 75.8 Å². The van der Waals surface area contributed by atoms with Gasteiger partial charge in [0.2, 0.25) is 0 Å². The van der Waals surface area contributed by atoms with E-state index in [1.807, 2.05) is 22.9 Å². The maximum Gasteiger partial charge on any atom is 0.268 e. The van der Waals surface area contributed by atoms with Gasteiger partial charge in [-0.2, -0.15) is 4.81 Å². The van der Waals surface area contributed by atoms with Gasteiger partial charge in [0.25, 0.3) is 15.9 Å². The van der Waals surface area contributed by atoms with Gasteiger partial charge in [-0.15, -0.1) is 0 Å². The van der Waals surface area contributed by atoms with Crippen molar-refractivity contribution >= 4 is 61.1 Å². The number of hydrogen-bond acceptors (Lipinski definition) is 11. The number of allylic oxidation sites excluding steroid dienone is 1. The summed E-state index contributed by atoms with van der Waals surface area (Å²) in [5.74, 6) is -2.33. The molecule has 2 fully saturated rings. The second-order valence-corrected chi connectivity index (χ2v) is 20.6. The molecule has 352 valence electrons. The number of nitrogens with one attached hydrogen (secondary N) is 5. The van der Waals surface area contributed by atoms with Crippen LogP contribution in [-0.4, -0.2) is 94.5 Å². The summed E-state index contributed by atoms with van der Waals surface area (Å²) in [6.07, 6.45) is 8.27. The number of carbonyl (C=O) groups is 1. The SMILES string of the molecule is CC1(C)CCC(CNCCNc2ccc(C(=O)NS(=O)(=O)c3ccc(NC4CCN(C5CCOCC5)CC4)c([N+](C)([O-])O)c3)c(Oc3ccc4[nH]ccc4c3)c2F)=C(c2ccc(Cl)cc2)C1. The molecule has 5 aromatic rings. The molecule has 3 aliphatic rings. The van der Waals surface area contributed by atoms with Gasteiger partial charge >= 0.3 is 0 Å². The van der Waals surface area contributed by atoms with E-state index < -0.39 is 37.2 Å². The van der Waals surface area contributed by atoms with Crippen LogP contribution in [0.15, 0.2) is 95.5 Å².